The first kappa shape index (κ1) is 18.0. The van der Waals surface area contributed by atoms with E-state index in [2.05, 4.69) is 26.0 Å². The Labute approximate surface area is 163 Å². The zero-order chi connectivity index (χ0) is 18.1. The fourth-order valence-electron chi connectivity index (χ4n) is 2.38. The highest BCUT2D eigenvalue weighted by Gasteiger charge is 2.11. The van der Waals surface area contributed by atoms with Crippen LogP contribution in [0.4, 0.5) is 5.69 Å². The van der Waals surface area contributed by atoms with Gasteiger partial charge in [-0.2, -0.15) is 0 Å². The van der Waals surface area contributed by atoms with Gasteiger partial charge in [0.05, 0.1) is 22.0 Å². The third kappa shape index (κ3) is 3.73. The predicted molar refractivity (Wildman–Crippen MR) is 107 cm³/mol. The number of aliphatic imine (C=N–C) groups is 1. The molecule has 0 amide bonds. The zero-order valence-electron chi connectivity index (χ0n) is 13.5. The van der Waals surface area contributed by atoms with Crippen LogP contribution >= 0.6 is 39.1 Å². The lowest BCUT2D eigenvalue weighted by Crippen LogP contribution is -2.17. The summed E-state index contributed by atoms with van der Waals surface area (Å²) in [5, 5.41) is 4.05. The summed E-state index contributed by atoms with van der Waals surface area (Å²) >= 11 is 15.5. The molecule has 2 aromatic carbocycles. The van der Waals surface area contributed by atoms with Gasteiger partial charge < -0.3 is 0 Å². The fourth-order valence-corrected chi connectivity index (χ4v) is 3.09. The zero-order valence-corrected chi connectivity index (χ0v) is 16.6. The molecule has 0 radical (unpaired) electrons. The maximum Gasteiger partial charge on any atom is 0.280 e. The third-order valence-electron chi connectivity index (χ3n) is 3.76. The molecule has 0 saturated carbocycles. The summed E-state index contributed by atoms with van der Waals surface area (Å²) in [5.41, 5.74) is 3.38. The molecule has 0 aliphatic rings. The number of aryl methyl sites for hydroxylation is 2. The molecule has 0 fully saturated rings. The molecule has 1 N–H and O–H groups in total. The molecule has 0 aliphatic carbocycles. The van der Waals surface area contributed by atoms with Crippen molar-refractivity contribution in [2.75, 3.05) is 0 Å². The molecule has 4 nitrogen and oxygen atoms in total. The topological polar surface area (TPSA) is 50.1 Å². The van der Waals surface area contributed by atoms with Gasteiger partial charge in [-0.25, -0.2) is 4.68 Å². The summed E-state index contributed by atoms with van der Waals surface area (Å²) in [6, 6.07) is 10.7. The second kappa shape index (κ2) is 7.20. The van der Waals surface area contributed by atoms with E-state index in [-0.39, 0.29) is 5.56 Å². The van der Waals surface area contributed by atoms with Gasteiger partial charge in [0, 0.05) is 21.4 Å². The molecule has 1 aromatic heterocycles. The van der Waals surface area contributed by atoms with Gasteiger partial charge >= 0.3 is 0 Å². The van der Waals surface area contributed by atoms with Crippen molar-refractivity contribution in [2.45, 2.75) is 13.8 Å². The van der Waals surface area contributed by atoms with E-state index in [1.807, 2.05) is 32.0 Å². The predicted octanol–water partition coefficient (Wildman–Crippen LogP) is 5.60. The van der Waals surface area contributed by atoms with Crippen molar-refractivity contribution in [3.8, 4) is 5.69 Å². The number of aromatic nitrogens is 2. The highest BCUT2D eigenvalue weighted by molar-refractivity contribution is 9.10. The monoisotopic (exact) mass is 437 g/mol. The number of benzene rings is 2. The van der Waals surface area contributed by atoms with E-state index >= 15 is 0 Å². The molecular weight excluding hydrogens is 425 g/mol. The molecule has 25 heavy (non-hydrogen) atoms. The molecular formula is C18H14BrCl2N3O. The molecule has 0 unspecified atom stereocenters. The number of nitrogens with zero attached hydrogens (tertiary/aromatic N) is 2. The summed E-state index contributed by atoms with van der Waals surface area (Å²) in [4.78, 5) is 17.0. The molecule has 0 saturated heterocycles. The van der Waals surface area contributed by atoms with E-state index in [1.165, 1.54) is 10.9 Å². The van der Waals surface area contributed by atoms with E-state index < -0.39 is 0 Å². The van der Waals surface area contributed by atoms with Crippen LogP contribution in [0.25, 0.3) is 5.69 Å². The third-order valence-corrected chi connectivity index (χ3v) is 5.19. The second-order valence-corrected chi connectivity index (χ2v) is 7.28. The van der Waals surface area contributed by atoms with Crippen molar-refractivity contribution in [3.05, 3.63) is 78.1 Å². The Morgan fingerprint density at radius 1 is 1.16 bits per heavy atom. The minimum Gasteiger partial charge on any atom is -0.295 e. The fraction of sp³-hybridized carbons (Fsp3) is 0.111. The number of aromatic amines is 1. The van der Waals surface area contributed by atoms with Crippen LogP contribution in [0, 0.1) is 13.8 Å². The van der Waals surface area contributed by atoms with Crippen LogP contribution in [-0.4, -0.2) is 16.0 Å². The first-order valence-corrected chi connectivity index (χ1v) is 8.99. The molecule has 0 spiro atoms. The normalized spacial score (nSPS) is 11.4. The average molecular weight is 439 g/mol. The maximum absolute atomic E-state index is 12.7. The average Bonchev–Trinajstić information content (AvgIpc) is 2.84. The SMILES string of the molecule is Cc1cc(-n2[nH]c(C)c(C=Nc3ccc(Cl)cc3Cl)c2=O)ccc1Br. The first-order valence-electron chi connectivity index (χ1n) is 7.44. The quantitative estimate of drug-likeness (QED) is 0.531. The lowest BCUT2D eigenvalue weighted by atomic mass is 10.2. The Hall–Kier alpha value is -1.82. The van der Waals surface area contributed by atoms with Crippen LogP contribution < -0.4 is 5.56 Å². The minimum atomic E-state index is -0.173. The summed E-state index contributed by atoms with van der Waals surface area (Å²) < 4.78 is 2.49. The number of H-pyrrole nitrogens is 1. The van der Waals surface area contributed by atoms with Crippen molar-refractivity contribution >= 4 is 51.0 Å². The van der Waals surface area contributed by atoms with Gasteiger partial charge in [-0.1, -0.05) is 39.1 Å². The summed E-state index contributed by atoms with van der Waals surface area (Å²) in [6.45, 7) is 3.80. The van der Waals surface area contributed by atoms with Gasteiger partial charge in [0.25, 0.3) is 5.56 Å². The van der Waals surface area contributed by atoms with Crippen LogP contribution in [0.5, 0.6) is 0 Å². The standard InChI is InChI=1S/C18H14BrCl2N3O/c1-10-7-13(4-5-15(10)19)24-18(25)14(11(2)23-24)9-22-17-6-3-12(20)8-16(17)21/h3-9,23H,1-2H3. The summed E-state index contributed by atoms with van der Waals surface area (Å²) in [6.07, 6.45) is 1.52. The Balaban J connectivity index is 2.01. The summed E-state index contributed by atoms with van der Waals surface area (Å²) in [7, 11) is 0. The highest BCUT2D eigenvalue weighted by Crippen LogP contribution is 2.27. The van der Waals surface area contributed by atoms with Crippen molar-refractivity contribution in [3.63, 3.8) is 0 Å². The molecule has 0 atom stereocenters. The number of hydrogen-bond acceptors (Lipinski definition) is 2. The smallest absolute Gasteiger partial charge is 0.280 e. The molecule has 0 bridgehead atoms. The van der Waals surface area contributed by atoms with Gasteiger partial charge in [-0.15, -0.1) is 0 Å². The van der Waals surface area contributed by atoms with Crippen LogP contribution in [0.15, 0.2) is 50.7 Å². The molecule has 7 heteroatoms. The summed E-state index contributed by atoms with van der Waals surface area (Å²) in [5.74, 6) is 0. The van der Waals surface area contributed by atoms with Gasteiger partial charge in [0.2, 0.25) is 0 Å². The Morgan fingerprint density at radius 2 is 1.92 bits per heavy atom. The van der Waals surface area contributed by atoms with Crippen molar-refractivity contribution in [1.82, 2.24) is 9.78 Å². The Morgan fingerprint density at radius 3 is 2.60 bits per heavy atom. The number of nitrogens with one attached hydrogen (secondary N) is 1. The molecule has 0 aliphatic heterocycles. The molecule has 128 valence electrons. The van der Waals surface area contributed by atoms with E-state index in [9.17, 15) is 4.79 Å². The number of rotatable bonds is 3. The van der Waals surface area contributed by atoms with Crippen LogP contribution in [0.2, 0.25) is 10.0 Å². The van der Waals surface area contributed by atoms with Crippen molar-refractivity contribution in [1.29, 1.82) is 0 Å². The van der Waals surface area contributed by atoms with Gasteiger partial charge in [-0.05, 0) is 55.8 Å². The molecule has 3 aromatic rings. The minimum absolute atomic E-state index is 0.173. The van der Waals surface area contributed by atoms with E-state index in [1.54, 1.807) is 18.2 Å². The maximum atomic E-state index is 12.7. The lowest BCUT2D eigenvalue weighted by Gasteiger charge is -2.04. The highest BCUT2D eigenvalue weighted by atomic mass is 79.9. The lowest BCUT2D eigenvalue weighted by molar-refractivity contribution is 0.834. The van der Waals surface area contributed by atoms with E-state index in [0.29, 0.717) is 21.3 Å². The number of hydrogen-bond donors (Lipinski definition) is 1. The molecule has 1 heterocycles. The first-order chi connectivity index (χ1) is 11.9. The van der Waals surface area contributed by atoms with Gasteiger partial charge in [-0.3, -0.25) is 14.9 Å². The van der Waals surface area contributed by atoms with Crippen LogP contribution in [0.3, 0.4) is 0 Å². The second-order valence-electron chi connectivity index (χ2n) is 5.58. The Kier molecular flexibility index (Phi) is 5.18. The van der Waals surface area contributed by atoms with Crippen molar-refractivity contribution in [2.24, 2.45) is 4.99 Å². The van der Waals surface area contributed by atoms with Gasteiger partial charge in [0.1, 0.15) is 0 Å². The Bertz CT molecular complexity index is 1040. The number of halogens is 3. The van der Waals surface area contributed by atoms with E-state index in [4.69, 9.17) is 23.2 Å². The van der Waals surface area contributed by atoms with E-state index in [0.717, 1.165) is 21.4 Å². The largest absolute Gasteiger partial charge is 0.295 e. The van der Waals surface area contributed by atoms with Gasteiger partial charge in [0.15, 0.2) is 0 Å². The molecule has 3 rings (SSSR count). The van der Waals surface area contributed by atoms with Crippen LogP contribution in [0.1, 0.15) is 16.8 Å². The van der Waals surface area contributed by atoms with Crippen molar-refractivity contribution < 1.29 is 0 Å². The van der Waals surface area contributed by atoms with Crippen LogP contribution in [-0.2, 0) is 0 Å².